The van der Waals surface area contributed by atoms with Gasteiger partial charge < -0.3 is 23.4 Å². The van der Waals surface area contributed by atoms with Crippen LogP contribution in [0.15, 0.2) is 69.9 Å². The van der Waals surface area contributed by atoms with Crippen LogP contribution in [0.25, 0.3) is 22.1 Å². The zero-order valence-electron chi connectivity index (χ0n) is 20.5. The van der Waals surface area contributed by atoms with Crippen LogP contribution in [0, 0.1) is 6.92 Å². The van der Waals surface area contributed by atoms with Crippen LogP contribution < -0.4 is 19.8 Å². The molecule has 0 fully saturated rings. The summed E-state index contributed by atoms with van der Waals surface area (Å²) in [5.74, 6) is -0.388. The molecule has 0 N–H and O–H groups in total. The minimum absolute atomic E-state index is 0.0402. The molecular formula is C29H24O8. The SMILES string of the molecule is COC(=O)COc1c(OC)cccc1[C@@H]1CC(=O)Oc2c1c(C)cc1oc(=O)cc(-c3ccccc3)c21. The Morgan fingerprint density at radius 2 is 1.81 bits per heavy atom. The molecule has 0 radical (unpaired) electrons. The van der Waals surface area contributed by atoms with Crippen molar-refractivity contribution in [2.24, 2.45) is 0 Å². The summed E-state index contributed by atoms with van der Waals surface area (Å²) in [5.41, 5.74) is 3.39. The molecule has 1 atom stereocenters. The molecule has 0 bridgehead atoms. The van der Waals surface area contributed by atoms with Gasteiger partial charge in [-0.2, -0.15) is 0 Å². The fourth-order valence-electron chi connectivity index (χ4n) is 4.82. The van der Waals surface area contributed by atoms with Crippen LogP contribution in [0.3, 0.4) is 0 Å². The summed E-state index contributed by atoms with van der Waals surface area (Å²) in [6.07, 6.45) is 0.0402. The predicted molar refractivity (Wildman–Crippen MR) is 135 cm³/mol. The minimum Gasteiger partial charge on any atom is -0.493 e. The summed E-state index contributed by atoms with van der Waals surface area (Å²) in [6, 6.07) is 17.9. The first kappa shape index (κ1) is 24.1. The number of para-hydroxylation sites is 1. The lowest BCUT2D eigenvalue weighted by Crippen LogP contribution is -2.23. The normalized spacial score (nSPS) is 14.6. The molecule has 188 valence electrons. The summed E-state index contributed by atoms with van der Waals surface area (Å²) in [6.45, 7) is 1.54. The van der Waals surface area contributed by atoms with Crippen molar-refractivity contribution in [1.82, 2.24) is 0 Å². The van der Waals surface area contributed by atoms with E-state index in [1.807, 2.05) is 43.3 Å². The monoisotopic (exact) mass is 500 g/mol. The summed E-state index contributed by atoms with van der Waals surface area (Å²) in [5, 5.41) is 0.532. The Labute approximate surface area is 212 Å². The Morgan fingerprint density at radius 1 is 1.03 bits per heavy atom. The number of esters is 2. The molecular weight excluding hydrogens is 476 g/mol. The van der Waals surface area contributed by atoms with E-state index < -0.39 is 23.5 Å². The van der Waals surface area contributed by atoms with E-state index in [4.69, 9.17) is 23.4 Å². The second-order valence-corrected chi connectivity index (χ2v) is 8.63. The Bertz CT molecular complexity index is 1570. The van der Waals surface area contributed by atoms with E-state index in [9.17, 15) is 14.4 Å². The topological polar surface area (TPSA) is 101 Å². The highest BCUT2D eigenvalue weighted by atomic mass is 16.6. The summed E-state index contributed by atoms with van der Waals surface area (Å²) >= 11 is 0. The number of ether oxygens (including phenoxy) is 4. The minimum atomic E-state index is -0.551. The summed E-state index contributed by atoms with van der Waals surface area (Å²) < 4.78 is 27.5. The van der Waals surface area contributed by atoms with E-state index in [0.717, 1.165) is 16.7 Å². The van der Waals surface area contributed by atoms with Gasteiger partial charge in [-0.1, -0.05) is 42.5 Å². The maximum absolute atomic E-state index is 13.0. The highest BCUT2D eigenvalue weighted by Gasteiger charge is 2.35. The van der Waals surface area contributed by atoms with Gasteiger partial charge in [-0.25, -0.2) is 9.59 Å². The molecule has 0 saturated heterocycles. The van der Waals surface area contributed by atoms with Gasteiger partial charge in [-0.3, -0.25) is 4.79 Å². The van der Waals surface area contributed by atoms with Crippen LogP contribution in [0.1, 0.15) is 29.0 Å². The third-order valence-electron chi connectivity index (χ3n) is 6.42. The number of fused-ring (bicyclic) bond motifs is 3. The van der Waals surface area contributed by atoms with Gasteiger partial charge >= 0.3 is 17.6 Å². The fourth-order valence-corrected chi connectivity index (χ4v) is 4.82. The van der Waals surface area contributed by atoms with Crippen molar-refractivity contribution < 1.29 is 33.0 Å². The predicted octanol–water partition coefficient (Wildman–Crippen LogP) is 4.77. The third kappa shape index (κ3) is 4.42. The van der Waals surface area contributed by atoms with Gasteiger partial charge in [0.25, 0.3) is 0 Å². The quantitative estimate of drug-likeness (QED) is 0.212. The molecule has 0 spiro atoms. The van der Waals surface area contributed by atoms with E-state index in [1.54, 1.807) is 18.2 Å². The number of rotatable bonds is 6. The molecule has 1 aliphatic heterocycles. The van der Waals surface area contributed by atoms with E-state index in [2.05, 4.69) is 0 Å². The lowest BCUT2D eigenvalue weighted by Gasteiger charge is -2.29. The second kappa shape index (κ2) is 9.81. The highest BCUT2D eigenvalue weighted by Crippen LogP contribution is 2.50. The number of carbonyl (C=O) groups is 2. The molecule has 5 rings (SSSR count). The highest BCUT2D eigenvalue weighted by molar-refractivity contribution is 6.01. The lowest BCUT2D eigenvalue weighted by atomic mass is 9.81. The van der Waals surface area contributed by atoms with Crippen LogP contribution in [-0.2, 0) is 14.3 Å². The zero-order valence-corrected chi connectivity index (χ0v) is 20.5. The van der Waals surface area contributed by atoms with Crippen molar-refractivity contribution >= 4 is 22.9 Å². The van der Waals surface area contributed by atoms with Crippen molar-refractivity contribution in [3.05, 3.63) is 87.8 Å². The Morgan fingerprint density at radius 3 is 2.54 bits per heavy atom. The molecule has 0 unspecified atom stereocenters. The Balaban J connectivity index is 1.77. The maximum Gasteiger partial charge on any atom is 0.343 e. The molecule has 0 saturated carbocycles. The van der Waals surface area contributed by atoms with Crippen molar-refractivity contribution in [3.8, 4) is 28.4 Å². The van der Waals surface area contributed by atoms with Crippen LogP contribution in [-0.4, -0.2) is 32.8 Å². The van der Waals surface area contributed by atoms with E-state index in [1.165, 1.54) is 20.3 Å². The molecule has 3 aromatic carbocycles. The Hall–Kier alpha value is -4.59. The molecule has 0 aliphatic carbocycles. The smallest absolute Gasteiger partial charge is 0.343 e. The standard InChI is InChI=1S/C29H24O8/c1-16-12-22-27(19(13-23(30)36-22)17-8-5-4-6-9-17)29-26(16)20(14-24(31)37-29)18-10-7-11-21(33-2)28(18)35-15-25(32)34-3/h4-13,20H,14-15H2,1-3H3/t20-/m0/s1. The van der Waals surface area contributed by atoms with Crippen LogP contribution >= 0.6 is 0 Å². The first-order chi connectivity index (χ1) is 17.9. The molecule has 1 aliphatic rings. The summed E-state index contributed by atoms with van der Waals surface area (Å²) in [4.78, 5) is 37.3. The number of methoxy groups -OCH3 is 2. The average molecular weight is 501 g/mol. The van der Waals surface area contributed by atoms with Crippen molar-refractivity contribution in [2.75, 3.05) is 20.8 Å². The molecule has 8 nitrogen and oxygen atoms in total. The average Bonchev–Trinajstić information content (AvgIpc) is 2.90. The molecule has 0 amide bonds. The zero-order chi connectivity index (χ0) is 26.1. The molecule has 8 heteroatoms. The van der Waals surface area contributed by atoms with Gasteiger partial charge in [0.15, 0.2) is 18.1 Å². The fraction of sp³-hybridized carbons (Fsp3) is 0.207. The molecule has 1 aromatic heterocycles. The molecule has 2 heterocycles. The first-order valence-electron chi connectivity index (χ1n) is 11.6. The van der Waals surface area contributed by atoms with Crippen molar-refractivity contribution in [2.45, 2.75) is 19.3 Å². The van der Waals surface area contributed by atoms with Crippen molar-refractivity contribution in [3.63, 3.8) is 0 Å². The van der Waals surface area contributed by atoms with Crippen LogP contribution in [0.4, 0.5) is 0 Å². The first-order valence-corrected chi connectivity index (χ1v) is 11.6. The second-order valence-electron chi connectivity index (χ2n) is 8.63. The van der Waals surface area contributed by atoms with Crippen LogP contribution in [0.5, 0.6) is 17.2 Å². The van der Waals surface area contributed by atoms with Gasteiger partial charge in [0, 0.05) is 28.7 Å². The van der Waals surface area contributed by atoms with Gasteiger partial charge in [0.05, 0.1) is 26.0 Å². The van der Waals surface area contributed by atoms with E-state index in [0.29, 0.717) is 39.3 Å². The Kier molecular flexibility index (Phi) is 6.40. The number of hydrogen-bond acceptors (Lipinski definition) is 8. The van der Waals surface area contributed by atoms with Crippen LogP contribution in [0.2, 0.25) is 0 Å². The van der Waals surface area contributed by atoms with Gasteiger partial charge in [-0.15, -0.1) is 0 Å². The largest absolute Gasteiger partial charge is 0.493 e. The molecule has 4 aromatic rings. The number of benzene rings is 3. The maximum atomic E-state index is 13.0. The number of hydrogen-bond donors (Lipinski definition) is 0. The molecule has 37 heavy (non-hydrogen) atoms. The van der Waals surface area contributed by atoms with E-state index >= 15 is 0 Å². The van der Waals surface area contributed by atoms with E-state index in [-0.39, 0.29) is 13.0 Å². The summed E-state index contributed by atoms with van der Waals surface area (Å²) in [7, 11) is 2.78. The third-order valence-corrected chi connectivity index (χ3v) is 6.42. The van der Waals surface area contributed by atoms with Crippen molar-refractivity contribution in [1.29, 1.82) is 0 Å². The number of carbonyl (C=O) groups excluding carboxylic acids is 2. The van der Waals surface area contributed by atoms with Gasteiger partial charge in [0.1, 0.15) is 11.3 Å². The number of aryl methyl sites for hydroxylation is 1. The lowest BCUT2D eigenvalue weighted by molar-refractivity contribution is -0.143. The van der Waals surface area contributed by atoms with Gasteiger partial charge in [-0.05, 0) is 30.2 Å². The van der Waals surface area contributed by atoms with Gasteiger partial charge in [0.2, 0.25) is 0 Å².